The molecular formula is C9H12F2N2O. The summed E-state index contributed by atoms with van der Waals surface area (Å²) in [5.41, 5.74) is 0.285. The minimum absolute atomic E-state index is 0.123. The van der Waals surface area contributed by atoms with Crippen LogP contribution >= 0.6 is 0 Å². The lowest BCUT2D eigenvalue weighted by atomic mass is 10.1. The van der Waals surface area contributed by atoms with E-state index in [1.807, 2.05) is 0 Å². The van der Waals surface area contributed by atoms with Gasteiger partial charge in [0.15, 0.2) is 0 Å². The van der Waals surface area contributed by atoms with Crippen molar-refractivity contribution in [2.45, 2.75) is 6.61 Å². The van der Waals surface area contributed by atoms with Crippen molar-refractivity contribution >= 4 is 5.69 Å². The van der Waals surface area contributed by atoms with Crippen LogP contribution in [-0.4, -0.2) is 14.1 Å². The van der Waals surface area contributed by atoms with Crippen LogP contribution in [0.1, 0.15) is 5.56 Å². The molecule has 14 heavy (non-hydrogen) atoms. The molecule has 0 bridgehead atoms. The van der Waals surface area contributed by atoms with Crippen LogP contribution in [0.25, 0.3) is 0 Å². The molecule has 1 rings (SSSR count). The van der Waals surface area contributed by atoms with Crippen molar-refractivity contribution in [2.24, 2.45) is 5.90 Å². The SMILES string of the molecule is CN(C)c1c(F)ccc(F)c1CON. The van der Waals surface area contributed by atoms with Gasteiger partial charge in [0.1, 0.15) is 11.6 Å². The van der Waals surface area contributed by atoms with Gasteiger partial charge in [0.25, 0.3) is 0 Å². The fraction of sp³-hybridized carbons (Fsp3) is 0.333. The molecule has 2 N–H and O–H groups in total. The molecule has 1 aromatic rings. The normalized spacial score (nSPS) is 10.4. The summed E-state index contributed by atoms with van der Waals surface area (Å²) in [5.74, 6) is 3.82. The van der Waals surface area contributed by atoms with E-state index in [9.17, 15) is 8.78 Å². The van der Waals surface area contributed by atoms with Crippen LogP contribution in [0.2, 0.25) is 0 Å². The Morgan fingerprint density at radius 3 is 2.36 bits per heavy atom. The monoisotopic (exact) mass is 202 g/mol. The Morgan fingerprint density at radius 2 is 1.86 bits per heavy atom. The molecule has 0 heterocycles. The van der Waals surface area contributed by atoms with Crippen LogP contribution < -0.4 is 10.8 Å². The molecule has 0 radical (unpaired) electrons. The fourth-order valence-electron chi connectivity index (χ4n) is 1.29. The molecule has 0 aliphatic carbocycles. The van der Waals surface area contributed by atoms with E-state index in [4.69, 9.17) is 5.90 Å². The van der Waals surface area contributed by atoms with Crippen LogP contribution in [0, 0.1) is 11.6 Å². The lowest BCUT2D eigenvalue weighted by molar-refractivity contribution is 0.121. The average molecular weight is 202 g/mol. The number of benzene rings is 1. The largest absolute Gasteiger partial charge is 0.375 e. The zero-order chi connectivity index (χ0) is 10.7. The minimum Gasteiger partial charge on any atom is -0.375 e. The van der Waals surface area contributed by atoms with Gasteiger partial charge >= 0.3 is 0 Å². The number of hydrogen-bond acceptors (Lipinski definition) is 3. The zero-order valence-electron chi connectivity index (χ0n) is 8.05. The highest BCUT2D eigenvalue weighted by molar-refractivity contribution is 5.54. The Morgan fingerprint density at radius 1 is 1.29 bits per heavy atom. The third-order valence-corrected chi connectivity index (χ3v) is 1.85. The van der Waals surface area contributed by atoms with Crippen LogP contribution in [0.15, 0.2) is 12.1 Å². The topological polar surface area (TPSA) is 38.5 Å². The lowest BCUT2D eigenvalue weighted by Gasteiger charge is -2.18. The van der Waals surface area contributed by atoms with Crippen molar-refractivity contribution in [3.63, 3.8) is 0 Å². The third kappa shape index (κ3) is 2.00. The van der Waals surface area contributed by atoms with E-state index in [-0.39, 0.29) is 17.9 Å². The van der Waals surface area contributed by atoms with Gasteiger partial charge in [-0.3, -0.25) is 4.84 Å². The molecular weight excluding hydrogens is 190 g/mol. The molecule has 0 atom stereocenters. The van der Waals surface area contributed by atoms with Gasteiger partial charge in [0, 0.05) is 19.7 Å². The molecule has 3 nitrogen and oxygen atoms in total. The first kappa shape index (κ1) is 10.9. The van der Waals surface area contributed by atoms with Gasteiger partial charge in [-0.1, -0.05) is 0 Å². The van der Waals surface area contributed by atoms with Gasteiger partial charge < -0.3 is 4.90 Å². The molecule has 0 fully saturated rings. The summed E-state index contributed by atoms with van der Waals surface area (Å²) in [6.07, 6.45) is 0. The second kappa shape index (κ2) is 4.34. The predicted octanol–water partition coefficient (Wildman–Crippen LogP) is 1.42. The summed E-state index contributed by atoms with van der Waals surface area (Å²) < 4.78 is 26.5. The molecule has 0 aromatic heterocycles. The summed E-state index contributed by atoms with van der Waals surface area (Å²) in [5, 5.41) is 0. The zero-order valence-corrected chi connectivity index (χ0v) is 8.05. The van der Waals surface area contributed by atoms with Gasteiger partial charge in [-0.15, -0.1) is 0 Å². The van der Waals surface area contributed by atoms with Crippen LogP contribution in [0.5, 0.6) is 0 Å². The van der Waals surface area contributed by atoms with E-state index in [1.54, 1.807) is 14.1 Å². The molecule has 0 saturated heterocycles. The van der Waals surface area contributed by atoms with Crippen LogP contribution in [0.3, 0.4) is 0 Å². The summed E-state index contributed by atoms with van der Waals surface area (Å²) in [7, 11) is 3.25. The standard InChI is InChI=1S/C9H12F2N2O/c1-13(2)9-6(5-14-12)7(10)3-4-8(9)11/h3-4H,5,12H2,1-2H3. The third-order valence-electron chi connectivity index (χ3n) is 1.85. The first-order chi connectivity index (χ1) is 6.57. The maximum atomic E-state index is 13.3. The van der Waals surface area contributed by atoms with Crippen molar-refractivity contribution in [1.82, 2.24) is 0 Å². The van der Waals surface area contributed by atoms with Gasteiger partial charge in [0.2, 0.25) is 0 Å². The van der Waals surface area contributed by atoms with Gasteiger partial charge in [-0.05, 0) is 12.1 Å². The molecule has 0 aliphatic rings. The fourth-order valence-corrected chi connectivity index (χ4v) is 1.29. The quantitative estimate of drug-likeness (QED) is 0.753. The first-order valence-electron chi connectivity index (χ1n) is 4.03. The Kier molecular flexibility index (Phi) is 3.38. The van der Waals surface area contributed by atoms with Crippen LogP contribution in [-0.2, 0) is 11.4 Å². The maximum absolute atomic E-state index is 13.3. The van der Waals surface area contributed by atoms with Gasteiger partial charge in [-0.2, -0.15) is 0 Å². The Hall–Kier alpha value is -1.20. The first-order valence-corrected chi connectivity index (χ1v) is 4.03. The lowest BCUT2D eigenvalue weighted by Crippen LogP contribution is -2.16. The number of halogens is 2. The molecule has 0 aliphatic heterocycles. The van der Waals surface area contributed by atoms with E-state index in [1.165, 1.54) is 4.90 Å². The predicted molar refractivity (Wildman–Crippen MR) is 49.7 cm³/mol. The molecule has 0 unspecified atom stereocenters. The van der Waals surface area contributed by atoms with Crippen LogP contribution in [0.4, 0.5) is 14.5 Å². The van der Waals surface area contributed by atoms with E-state index < -0.39 is 11.6 Å². The van der Waals surface area contributed by atoms with E-state index in [0.717, 1.165) is 12.1 Å². The number of anilines is 1. The van der Waals surface area contributed by atoms with Crippen molar-refractivity contribution in [3.05, 3.63) is 29.3 Å². The molecule has 5 heteroatoms. The van der Waals surface area contributed by atoms with Gasteiger partial charge in [0.05, 0.1) is 12.3 Å². The second-order valence-corrected chi connectivity index (χ2v) is 3.06. The molecule has 0 saturated carbocycles. The number of nitrogens with two attached hydrogens (primary N) is 1. The Labute approximate surface area is 81.0 Å². The van der Waals surface area contributed by atoms with Crippen molar-refractivity contribution in [3.8, 4) is 0 Å². The smallest absolute Gasteiger partial charge is 0.147 e. The highest BCUT2D eigenvalue weighted by Crippen LogP contribution is 2.25. The number of rotatable bonds is 3. The van der Waals surface area contributed by atoms with E-state index in [0.29, 0.717) is 0 Å². The van der Waals surface area contributed by atoms with E-state index >= 15 is 0 Å². The van der Waals surface area contributed by atoms with Crippen molar-refractivity contribution in [1.29, 1.82) is 0 Å². The Balaban J connectivity index is 3.26. The average Bonchev–Trinajstić information content (AvgIpc) is 2.11. The number of nitrogens with zero attached hydrogens (tertiary/aromatic N) is 1. The van der Waals surface area contributed by atoms with Crippen molar-refractivity contribution in [2.75, 3.05) is 19.0 Å². The van der Waals surface area contributed by atoms with Gasteiger partial charge in [-0.25, -0.2) is 14.7 Å². The molecule has 0 amide bonds. The minimum atomic E-state index is -0.527. The summed E-state index contributed by atoms with van der Waals surface area (Å²) in [6, 6.07) is 2.13. The molecule has 0 spiro atoms. The maximum Gasteiger partial charge on any atom is 0.147 e. The van der Waals surface area contributed by atoms with Crippen molar-refractivity contribution < 1.29 is 13.6 Å². The molecule has 1 aromatic carbocycles. The number of hydrogen-bond donors (Lipinski definition) is 1. The molecule has 78 valence electrons. The summed E-state index contributed by atoms with van der Waals surface area (Å²) in [4.78, 5) is 5.80. The summed E-state index contributed by atoms with van der Waals surface area (Å²) >= 11 is 0. The highest BCUT2D eigenvalue weighted by Gasteiger charge is 2.15. The summed E-state index contributed by atoms with van der Waals surface area (Å²) in [6.45, 7) is -0.156. The highest BCUT2D eigenvalue weighted by atomic mass is 19.1. The van der Waals surface area contributed by atoms with E-state index in [2.05, 4.69) is 4.84 Å². The second-order valence-electron chi connectivity index (χ2n) is 3.06. The Bertz CT molecular complexity index is 329.